The molecular formula is C25H21FN4O4. The molecule has 5 rings (SSSR count). The van der Waals surface area contributed by atoms with E-state index in [0.717, 1.165) is 17.5 Å². The molecule has 1 N–H and O–H groups in total. The summed E-state index contributed by atoms with van der Waals surface area (Å²) in [6.07, 6.45) is 1.52. The summed E-state index contributed by atoms with van der Waals surface area (Å²) < 4.78 is 19.6. The quantitative estimate of drug-likeness (QED) is 0.288. The van der Waals surface area contributed by atoms with Gasteiger partial charge in [-0.2, -0.15) is 0 Å². The van der Waals surface area contributed by atoms with E-state index >= 15 is 0 Å². The lowest BCUT2D eigenvalue weighted by Crippen LogP contribution is -2.34. The molecule has 2 heterocycles. The monoisotopic (exact) mass is 460 g/mol. The molecule has 9 heteroatoms. The first-order valence-corrected chi connectivity index (χ1v) is 10.9. The van der Waals surface area contributed by atoms with Crippen molar-refractivity contribution in [1.82, 2.24) is 9.88 Å². The maximum atomic E-state index is 13.6. The number of carbonyl (C=O) groups is 1. The molecule has 0 unspecified atom stereocenters. The third-order valence-electron chi connectivity index (χ3n) is 6.02. The van der Waals surface area contributed by atoms with Crippen molar-refractivity contribution < 1.29 is 18.5 Å². The lowest BCUT2D eigenvalue weighted by atomic mass is 10.0. The Morgan fingerprint density at radius 3 is 2.62 bits per heavy atom. The molecule has 3 aromatic carbocycles. The van der Waals surface area contributed by atoms with Gasteiger partial charge in [0.25, 0.3) is 5.69 Å². The molecule has 0 bridgehead atoms. The van der Waals surface area contributed by atoms with Crippen molar-refractivity contribution in [2.24, 2.45) is 0 Å². The average molecular weight is 460 g/mol. The molecule has 1 saturated heterocycles. The van der Waals surface area contributed by atoms with E-state index in [1.165, 1.54) is 30.3 Å². The SMILES string of the molecule is Cc1cc(-c2ccc3oc([C@@H]4CCCN4C(=O)Nc4ccc([N+](=O)[O-])cc4)nc3c2)ccc1F. The normalized spacial score (nSPS) is 15.6. The number of nitro benzene ring substituents is 1. The number of aryl methyl sites for hydroxylation is 1. The number of nitrogens with zero attached hydrogens (tertiary/aromatic N) is 3. The summed E-state index contributed by atoms with van der Waals surface area (Å²) >= 11 is 0. The van der Waals surface area contributed by atoms with E-state index in [0.29, 0.717) is 41.2 Å². The maximum absolute atomic E-state index is 13.6. The number of nitro groups is 1. The molecule has 1 aromatic heterocycles. The number of carbonyl (C=O) groups excluding carboxylic acids is 1. The van der Waals surface area contributed by atoms with Gasteiger partial charge in [0.2, 0.25) is 5.89 Å². The van der Waals surface area contributed by atoms with Crippen LogP contribution >= 0.6 is 0 Å². The van der Waals surface area contributed by atoms with E-state index in [1.807, 2.05) is 18.2 Å². The van der Waals surface area contributed by atoms with Crippen molar-refractivity contribution in [1.29, 1.82) is 0 Å². The predicted octanol–water partition coefficient (Wildman–Crippen LogP) is 6.22. The van der Waals surface area contributed by atoms with Crippen LogP contribution in [0.2, 0.25) is 0 Å². The van der Waals surface area contributed by atoms with Gasteiger partial charge in [-0.15, -0.1) is 0 Å². The molecule has 4 aromatic rings. The Bertz CT molecular complexity index is 1400. The molecule has 2 amide bonds. The van der Waals surface area contributed by atoms with Gasteiger partial charge in [0.15, 0.2) is 5.58 Å². The maximum Gasteiger partial charge on any atom is 0.322 e. The number of hydrogen-bond donors (Lipinski definition) is 1. The second-order valence-electron chi connectivity index (χ2n) is 8.28. The van der Waals surface area contributed by atoms with Gasteiger partial charge in [-0.1, -0.05) is 12.1 Å². The first-order valence-electron chi connectivity index (χ1n) is 10.9. The summed E-state index contributed by atoms with van der Waals surface area (Å²) in [5, 5.41) is 13.6. The van der Waals surface area contributed by atoms with Crippen molar-refractivity contribution in [2.75, 3.05) is 11.9 Å². The third-order valence-corrected chi connectivity index (χ3v) is 6.02. The van der Waals surface area contributed by atoms with Gasteiger partial charge in [-0.05, 0) is 72.9 Å². The predicted molar refractivity (Wildman–Crippen MR) is 125 cm³/mol. The van der Waals surface area contributed by atoms with Gasteiger partial charge >= 0.3 is 6.03 Å². The van der Waals surface area contributed by atoms with Gasteiger partial charge in [0.1, 0.15) is 17.4 Å². The van der Waals surface area contributed by atoms with Crippen molar-refractivity contribution in [3.63, 3.8) is 0 Å². The highest BCUT2D eigenvalue weighted by molar-refractivity contribution is 5.90. The fourth-order valence-corrected chi connectivity index (χ4v) is 4.22. The lowest BCUT2D eigenvalue weighted by Gasteiger charge is -2.22. The number of halogens is 1. The topological polar surface area (TPSA) is 102 Å². The van der Waals surface area contributed by atoms with Crippen LogP contribution in [0, 0.1) is 22.9 Å². The number of fused-ring (bicyclic) bond motifs is 1. The van der Waals surface area contributed by atoms with Crippen LogP contribution in [0.4, 0.5) is 20.6 Å². The largest absolute Gasteiger partial charge is 0.438 e. The number of urea groups is 1. The number of anilines is 1. The van der Waals surface area contributed by atoms with Gasteiger partial charge in [0, 0.05) is 24.4 Å². The fraction of sp³-hybridized carbons (Fsp3) is 0.200. The highest BCUT2D eigenvalue weighted by atomic mass is 19.1. The molecule has 0 saturated carbocycles. The van der Waals surface area contributed by atoms with Crippen LogP contribution < -0.4 is 5.32 Å². The standard InChI is InChI=1S/C25H21FN4O4/c1-15-13-16(4-10-20(15)26)17-5-11-23-21(14-17)28-24(34-23)22-3-2-12-29(22)25(31)27-18-6-8-19(9-7-18)30(32)33/h4-11,13-14,22H,2-3,12H2,1H3,(H,27,31)/t22-/m0/s1. The molecule has 1 aliphatic rings. The average Bonchev–Trinajstić information content (AvgIpc) is 3.47. The number of benzene rings is 3. The Hall–Kier alpha value is -4.27. The van der Waals surface area contributed by atoms with E-state index in [2.05, 4.69) is 10.3 Å². The summed E-state index contributed by atoms with van der Waals surface area (Å²) in [7, 11) is 0. The highest BCUT2D eigenvalue weighted by Gasteiger charge is 2.33. The van der Waals surface area contributed by atoms with Crippen molar-refractivity contribution >= 4 is 28.5 Å². The molecule has 0 spiro atoms. The van der Waals surface area contributed by atoms with Crippen molar-refractivity contribution in [2.45, 2.75) is 25.8 Å². The minimum absolute atomic E-state index is 0.0429. The van der Waals surface area contributed by atoms with Crippen LogP contribution in [-0.4, -0.2) is 27.4 Å². The zero-order valence-corrected chi connectivity index (χ0v) is 18.3. The first kappa shape index (κ1) is 21.6. The number of rotatable bonds is 4. The fourth-order valence-electron chi connectivity index (χ4n) is 4.22. The zero-order valence-electron chi connectivity index (χ0n) is 18.3. The minimum Gasteiger partial charge on any atom is -0.438 e. The van der Waals surface area contributed by atoms with Crippen molar-refractivity contribution in [3.8, 4) is 11.1 Å². The van der Waals surface area contributed by atoms with E-state index in [1.54, 1.807) is 24.0 Å². The molecular weight excluding hydrogens is 439 g/mol. The Morgan fingerprint density at radius 2 is 1.88 bits per heavy atom. The Balaban J connectivity index is 1.37. The molecule has 8 nitrogen and oxygen atoms in total. The van der Waals surface area contributed by atoms with Crippen molar-refractivity contribution in [3.05, 3.63) is 88.0 Å². The van der Waals surface area contributed by atoms with Crippen LogP contribution in [0.3, 0.4) is 0 Å². The number of nitrogens with one attached hydrogen (secondary N) is 1. The second-order valence-corrected chi connectivity index (χ2v) is 8.28. The molecule has 34 heavy (non-hydrogen) atoms. The minimum atomic E-state index is -0.488. The molecule has 1 aliphatic heterocycles. The summed E-state index contributed by atoms with van der Waals surface area (Å²) in [5.74, 6) is 0.209. The summed E-state index contributed by atoms with van der Waals surface area (Å²) in [6, 6.07) is 15.6. The lowest BCUT2D eigenvalue weighted by molar-refractivity contribution is -0.384. The van der Waals surface area contributed by atoms with Gasteiger partial charge in [-0.25, -0.2) is 14.2 Å². The number of amides is 2. The second kappa shape index (κ2) is 8.58. The molecule has 172 valence electrons. The summed E-state index contributed by atoms with van der Waals surface area (Å²) in [5.41, 5.74) is 4.05. The van der Waals surface area contributed by atoms with Gasteiger partial charge in [0.05, 0.1) is 4.92 Å². The van der Waals surface area contributed by atoms with Crippen LogP contribution in [0.25, 0.3) is 22.2 Å². The number of non-ortho nitro benzene ring substituents is 1. The van der Waals surface area contributed by atoms with Crippen LogP contribution in [0.15, 0.2) is 65.1 Å². The zero-order chi connectivity index (χ0) is 23.8. The molecule has 1 atom stereocenters. The van der Waals surface area contributed by atoms with E-state index < -0.39 is 4.92 Å². The Morgan fingerprint density at radius 1 is 1.15 bits per heavy atom. The van der Waals surface area contributed by atoms with Crippen LogP contribution in [0.5, 0.6) is 0 Å². The molecule has 0 radical (unpaired) electrons. The third kappa shape index (κ3) is 4.07. The summed E-state index contributed by atoms with van der Waals surface area (Å²) in [4.78, 5) is 29.6. The van der Waals surface area contributed by atoms with Gasteiger partial charge < -0.3 is 14.6 Å². The number of likely N-dealkylation sites (tertiary alicyclic amines) is 1. The van der Waals surface area contributed by atoms with Crippen LogP contribution in [-0.2, 0) is 0 Å². The first-order chi connectivity index (χ1) is 16.4. The number of hydrogen-bond acceptors (Lipinski definition) is 5. The smallest absolute Gasteiger partial charge is 0.322 e. The molecule has 0 aliphatic carbocycles. The van der Waals surface area contributed by atoms with Crippen LogP contribution in [0.1, 0.15) is 30.3 Å². The Labute approximate surface area is 194 Å². The van der Waals surface area contributed by atoms with E-state index in [-0.39, 0.29) is 23.6 Å². The summed E-state index contributed by atoms with van der Waals surface area (Å²) in [6.45, 7) is 2.27. The van der Waals surface area contributed by atoms with E-state index in [4.69, 9.17) is 4.42 Å². The Kier molecular flexibility index (Phi) is 5.45. The van der Waals surface area contributed by atoms with Gasteiger partial charge in [-0.3, -0.25) is 10.1 Å². The molecule has 1 fully saturated rings. The van der Waals surface area contributed by atoms with E-state index in [9.17, 15) is 19.3 Å². The number of aromatic nitrogens is 1. The number of oxazole rings is 1. The highest BCUT2D eigenvalue weighted by Crippen LogP contribution is 2.35.